The van der Waals surface area contributed by atoms with E-state index < -0.39 is 0 Å². The maximum Gasteiger partial charge on any atom is 0.264 e. The third kappa shape index (κ3) is 3.92. The fourth-order valence-corrected chi connectivity index (χ4v) is 3.52. The van der Waals surface area contributed by atoms with Crippen LogP contribution in [0.5, 0.6) is 0 Å². The van der Waals surface area contributed by atoms with Crippen molar-refractivity contribution >= 4 is 22.5 Å². The molecule has 4 rings (SSSR count). The smallest absolute Gasteiger partial charge is 0.264 e. The lowest BCUT2D eigenvalue weighted by Crippen LogP contribution is -2.19. The standard InChI is InChI=1S/C23H24N4O2/c1-4-7-22-25-26-23(29-22)20-13-17-8-5-6-9-19(17)27(20)14-21(28)24-18-11-10-15(2)12-16(18)3/h5-6,8-13H,4,7,14H2,1-3H3,(H,24,28). The summed E-state index contributed by atoms with van der Waals surface area (Å²) < 4.78 is 7.77. The number of rotatable bonds is 6. The average Bonchev–Trinajstić information content (AvgIpc) is 3.29. The van der Waals surface area contributed by atoms with E-state index in [-0.39, 0.29) is 12.5 Å². The highest BCUT2D eigenvalue weighted by molar-refractivity contribution is 5.94. The van der Waals surface area contributed by atoms with Crippen LogP contribution in [0.3, 0.4) is 0 Å². The summed E-state index contributed by atoms with van der Waals surface area (Å²) in [5, 5.41) is 12.4. The Kier molecular flexibility index (Phi) is 5.16. The largest absolute Gasteiger partial charge is 0.419 e. The second-order valence-corrected chi connectivity index (χ2v) is 7.29. The number of benzene rings is 2. The van der Waals surface area contributed by atoms with Crippen molar-refractivity contribution in [3.05, 3.63) is 65.5 Å². The van der Waals surface area contributed by atoms with Gasteiger partial charge in [0.1, 0.15) is 12.2 Å². The predicted octanol–water partition coefficient (Wildman–Crippen LogP) is 4.90. The van der Waals surface area contributed by atoms with E-state index in [1.807, 2.05) is 60.9 Å². The fraction of sp³-hybridized carbons (Fsp3) is 0.261. The maximum absolute atomic E-state index is 12.9. The molecule has 6 heteroatoms. The van der Waals surface area contributed by atoms with Crippen LogP contribution in [0.25, 0.3) is 22.5 Å². The Morgan fingerprint density at radius 1 is 1.10 bits per heavy atom. The zero-order valence-corrected chi connectivity index (χ0v) is 16.9. The number of aromatic nitrogens is 3. The zero-order chi connectivity index (χ0) is 20.4. The van der Waals surface area contributed by atoms with Crippen molar-refractivity contribution in [2.75, 3.05) is 5.32 Å². The summed E-state index contributed by atoms with van der Waals surface area (Å²) in [5.74, 6) is 0.941. The molecule has 0 unspecified atom stereocenters. The maximum atomic E-state index is 12.9. The van der Waals surface area contributed by atoms with Crippen molar-refractivity contribution < 1.29 is 9.21 Å². The van der Waals surface area contributed by atoms with Crippen LogP contribution in [-0.2, 0) is 17.8 Å². The van der Waals surface area contributed by atoms with Crippen LogP contribution in [0.4, 0.5) is 5.69 Å². The molecule has 0 aliphatic heterocycles. The molecule has 4 aromatic rings. The lowest BCUT2D eigenvalue weighted by Gasteiger charge is -2.12. The van der Waals surface area contributed by atoms with E-state index in [1.165, 1.54) is 5.56 Å². The summed E-state index contributed by atoms with van der Waals surface area (Å²) in [7, 11) is 0. The first-order chi connectivity index (χ1) is 14.0. The van der Waals surface area contributed by atoms with Crippen LogP contribution in [-0.4, -0.2) is 20.7 Å². The molecular weight excluding hydrogens is 364 g/mol. The van der Waals surface area contributed by atoms with Crippen LogP contribution in [0, 0.1) is 13.8 Å². The van der Waals surface area contributed by atoms with Gasteiger partial charge in [-0.3, -0.25) is 4.79 Å². The number of hydrogen-bond acceptors (Lipinski definition) is 4. The molecule has 2 aromatic carbocycles. The van der Waals surface area contributed by atoms with Gasteiger partial charge in [-0.1, -0.05) is 42.8 Å². The topological polar surface area (TPSA) is 73.0 Å². The molecule has 0 atom stereocenters. The van der Waals surface area contributed by atoms with Crippen LogP contribution in [0.1, 0.15) is 30.4 Å². The molecule has 0 saturated heterocycles. The fourth-order valence-electron chi connectivity index (χ4n) is 3.52. The third-order valence-corrected chi connectivity index (χ3v) is 4.92. The first-order valence-corrected chi connectivity index (χ1v) is 9.83. The normalized spacial score (nSPS) is 11.1. The molecule has 0 saturated carbocycles. The first-order valence-electron chi connectivity index (χ1n) is 9.83. The molecule has 0 aliphatic carbocycles. The SMILES string of the molecule is CCCc1nnc(-c2cc3ccccc3n2CC(=O)Nc2ccc(C)cc2C)o1. The quantitative estimate of drug-likeness (QED) is 0.510. The van der Waals surface area contributed by atoms with Crippen LogP contribution >= 0.6 is 0 Å². The van der Waals surface area contributed by atoms with Gasteiger partial charge in [-0.25, -0.2) is 0 Å². The van der Waals surface area contributed by atoms with Crippen LogP contribution in [0.15, 0.2) is 52.9 Å². The summed E-state index contributed by atoms with van der Waals surface area (Å²) in [6.45, 7) is 6.25. The Balaban J connectivity index is 1.67. The Labute approximate surface area is 169 Å². The first kappa shape index (κ1) is 18.9. The average molecular weight is 388 g/mol. The number of carbonyl (C=O) groups excluding carboxylic acids is 1. The summed E-state index contributed by atoms with van der Waals surface area (Å²) in [6.07, 6.45) is 1.67. The van der Waals surface area contributed by atoms with E-state index in [0.717, 1.165) is 40.7 Å². The minimum atomic E-state index is -0.104. The minimum absolute atomic E-state index is 0.104. The van der Waals surface area contributed by atoms with Gasteiger partial charge in [-0.15, -0.1) is 10.2 Å². The number of aryl methyl sites for hydroxylation is 3. The lowest BCUT2D eigenvalue weighted by atomic mass is 10.1. The van der Waals surface area contributed by atoms with E-state index in [9.17, 15) is 4.79 Å². The Hall–Kier alpha value is -3.41. The van der Waals surface area contributed by atoms with Gasteiger partial charge in [0.05, 0.1) is 0 Å². The number of carbonyl (C=O) groups is 1. The molecule has 29 heavy (non-hydrogen) atoms. The molecule has 2 aromatic heterocycles. The van der Waals surface area contributed by atoms with Gasteiger partial charge in [0.15, 0.2) is 0 Å². The number of nitrogens with zero attached hydrogens (tertiary/aromatic N) is 3. The van der Waals surface area contributed by atoms with Crippen molar-refractivity contribution in [1.82, 2.24) is 14.8 Å². The molecule has 2 heterocycles. The van der Waals surface area contributed by atoms with Crippen LogP contribution in [0.2, 0.25) is 0 Å². The highest BCUT2D eigenvalue weighted by Gasteiger charge is 2.18. The summed E-state index contributed by atoms with van der Waals surface area (Å²) >= 11 is 0. The van der Waals surface area contributed by atoms with Gasteiger partial charge < -0.3 is 14.3 Å². The summed E-state index contributed by atoms with van der Waals surface area (Å²) in [6, 6.07) is 15.9. The minimum Gasteiger partial charge on any atom is -0.419 e. The summed E-state index contributed by atoms with van der Waals surface area (Å²) in [4.78, 5) is 12.9. The molecule has 0 bridgehead atoms. The van der Waals surface area contributed by atoms with E-state index in [4.69, 9.17) is 4.42 Å². The summed E-state index contributed by atoms with van der Waals surface area (Å²) in [5.41, 5.74) is 4.72. The number of anilines is 1. The molecule has 6 nitrogen and oxygen atoms in total. The van der Waals surface area contributed by atoms with Crippen molar-refractivity contribution in [1.29, 1.82) is 0 Å². The van der Waals surface area contributed by atoms with E-state index in [0.29, 0.717) is 11.8 Å². The van der Waals surface area contributed by atoms with Crippen molar-refractivity contribution in [2.24, 2.45) is 0 Å². The Morgan fingerprint density at radius 2 is 1.93 bits per heavy atom. The van der Waals surface area contributed by atoms with Crippen molar-refractivity contribution in [3.8, 4) is 11.6 Å². The highest BCUT2D eigenvalue weighted by atomic mass is 16.4. The van der Waals surface area contributed by atoms with Gasteiger partial charge >= 0.3 is 0 Å². The molecule has 148 valence electrons. The highest BCUT2D eigenvalue weighted by Crippen LogP contribution is 2.28. The number of fused-ring (bicyclic) bond motifs is 1. The monoisotopic (exact) mass is 388 g/mol. The molecule has 0 aliphatic rings. The van der Waals surface area contributed by atoms with Gasteiger partial charge in [-0.05, 0) is 44.0 Å². The van der Waals surface area contributed by atoms with Crippen molar-refractivity contribution in [2.45, 2.75) is 40.2 Å². The Morgan fingerprint density at radius 3 is 2.72 bits per heavy atom. The molecule has 1 amide bonds. The number of para-hydroxylation sites is 1. The Bertz CT molecular complexity index is 1170. The zero-order valence-electron chi connectivity index (χ0n) is 16.9. The second kappa shape index (κ2) is 7.91. The molecule has 0 fully saturated rings. The predicted molar refractivity (Wildman–Crippen MR) is 114 cm³/mol. The van der Waals surface area contributed by atoms with Gasteiger partial charge in [0.2, 0.25) is 11.8 Å². The van der Waals surface area contributed by atoms with Gasteiger partial charge in [0.25, 0.3) is 5.89 Å². The number of amides is 1. The molecular formula is C23H24N4O2. The van der Waals surface area contributed by atoms with Crippen molar-refractivity contribution in [3.63, 3.8) is 0 Å². The molecule has 1 N–H and O–H groups in total. The van der Waals surface area contributed by atoms with E-state index in [2.05, 4.69) is 28.5 Å². The van der Waals surface area contributed by atoms with E-state index in [1.54, 1.807) is 0 Å². The van der Waals surface area contributed by atoms with E-state index >= 15 is 0 Å². The van der Waals surface area contributed by atoms with Crippen LogP contribution < -0.4 is 5.32 Å². The van der Waals surface area contributed by atoms with Gasteiger partial charge in [-0.2, -0.15) is 0 Å². The number of nitrogens with one attached hydrogen (secondary N) is 1. The van der Waals surface area contributed by atoms with Gasteiger partial charge in [0, 0.05) is 23.0 Å². The molecule has 0 radical (unpaired) electrons. The molecule has 0 spiro atoms. The second-order valence-electron chi connectivity index (χ2n) is 7.29. The number of hydrogen-bond donors (Lipinski definition) is 1. The lowest BCUT2D eigenvalue weighted by molar-refractivity contribution is -0.116. The third-order valence-electron chi connectivity index (χ3n) is 4.92.